The molecule has 3 heterocycles. The second-order valence-corrected chi connectivity index (χ2v) is 31.9. The van der Waals surface area contributed by atoms with Gasteiger partial charge < -0.3 is 42.6 Å². The molecule has 6 aromatic carbocycles. The van der Waals surface area contributed by atoms with Gasteiger partial charge in [0.1, 0.15) is 52.0 Å². The van der Waals surface area contributed by atoms with Crippen molar-refractivity contribution in [2.24, 2.45) is 0 Å². The fraction of sp³-hybridized carbons (Fsp3) is 0.429. The quantitative estimate of drug-likeness (QED) is 0.0113. The first-order chi connectivity index (χ1) is 61.6. The van der Waals surface area contributed by atoms with Crippen LogP contribution < -0.4 is 28.4 Å². The number of rotatable bonds is 62. The molecule has 21 nitrogen and oxygen atoms in total. The normalized spacial score (nSPS) is 11.0. The first kappa shape index (κ1) is 97.8. The van der Waals surface area contributed by atoms with Crippen molar-refractivity contribution in [1.82, 2.24) is 29.9 Å². The molecule has 9 rings (SSSR count). The molecule has 9 aromatic rings. The van der Waals surface area contributed by atoms with Gasteiger partial charge in [0.25, 0.3) is 6.29 Å². The minimum atomic E-state index is -1.18. The number of benzene rings is 6. The van der Waals surface area contributed by atoms with Crippen molar-refractivity contribution in [3.8, 4) is 67.9 Å². The molecular formula is C105H128N6O15. The van der Waals surface area contributed by atoms with Crippen LogP contribution in [-0.4, -0.2) is 98.4 Å². The first-order valence-corrected chi connectivity index (χ1v) is 45.8. The third-order valence-corrected chi connectivity index (χ3v) is 21.7. The zero-order valence-corrected chi connectivity index (χ0v) is 74.3. The molecule has 0 amide bonds. The van der Waals surface area contributed by atoms with Gasteiger partial charge in [-0.15, -0.1) is 0 Å². The second-order valence-electron chi connectivity index (χ2n) is 31.9. The maximum Gasteiger partial charge on any atom is 0.343 e. The SMILES string of the molecule is C=C(C(=O)Oc1ccc(-c2cnc(CCCCC)nc2)cc1)c1ccc(OCCCCCCCCCC(=O)OCCC(OC(=O)CCCCCCCCCOc2ccc(C(=C)C(=O)Oc3ccc(-c4cnc(CCCCC)nc4)cc3)cc2)OC(=O)CCCCCCCCCOc2ccc(C(=C)C(=O)Oc3ccc(-c4cnc(CCCCC)nc4)cc3)cc2)cc1. The molecule has 668 valence electrons. The van der Waals surface area contributed by atoms with Crippen molar-refractivity contribution < 1.29 is 71.4 Å². The Balaban J connectivity index is 0.611. The Morgan fingerprint density at radius 1 is 0.270 bits per heavy atom. The van der Waals surface area contributed by atoms with Gasteiger partial charge in [0.15, 0.2) is 0 Å². The Labute approximate surface area is 745 Å². The number of aryl methyl sites for hydroxylation is 3. The van der Waals surface area contributed by atoms with Crippen LogP contribution in [0.5, 0.6) is 34.5 Å². The van der Waals surface area contributed by atoms with E-state index in [0.717, 1.165) is 243 Å². The monoisotopic (exact) mass is 1710 g/mol. The fourth-order valence-corrected chi connectivity index (χ4v) is 14.0. The highest BCUT2D eigenvalue weighted by atomic mass is 16.7. The van der Waals surface area contributed by atoms with E-state index in [-0.39, 0.29) is 55.0 Å². The van der Waals surface area contributed by atoms with Gasteiger partial charge in [0.05, 0.1) is 49.6 Å². The molecule has 0 spiro atoms. The lowest BCUT2D eigenvalue weighted by Gasteiger charge is -2.18. The van der Waals surface area contributed by atoms with Crippen LogP contribution in [0.1, 0.15) is 273 Å². The summed E-state index contributed by atoms with van der Waals surface area (Å²) in [5.74, 6) is 2.93. The zero-order chi connectivity index (χ0) is 89.0. The van der Waals surface area contributed by atoms with Crippen LogP contribution in [-0.2, 0) is 62.2 Å². The smallest absolute Gasteiger partial charge is 0.343 e. The van der Waals surface area contributed by atoms with E-state index in [4.69, 9.17) is 42.6 Å². The van der Waals surface area contributed by atoms with E-state index < -0.39 is 36.1 Å². The standard InChI is InChI=1S/C105H128N6O15/c1-7-10-28-37-96-106-72-87(73-107-96)84-49-61-93(62-50-84)122-103(115)78(4)81-43-55-90(56-44-81)118-68-34-25-19-13-16-22-31-40-99(112)121-71-67-102(125-100(113)41-32-23-17-14-20-26-35-69-119-91-57-45-82(46-58-91)79(5)104(116)123-94-63-51-85(52-64-94)88-74-108-97(109-75-88)38-29-11-8-2)126-101(114)42-33-24-18-15-21-27-36-70-120-92-59-47-83(48-60-92)80(6)105(117)124-95-65-53-86(54-66-95)89-76-110-98(111-77-89)39-30-12-9-3/h43-66,72-77,102H,4-42,67-71H2,1-3H3. The molecule has 0 unspecified atom stereocenters. The summed E-state index contributed by atoms with van der Waals surface area (Å²) >= 11 is 0. The molecule has 21 heteroatoms. The molecule has 0 saturated carbocycles. The Hall–Kier alpha value is -12.0. The van der Waals surface area contributed by atoms with E-state index in [1.54, 1.807) is 72.8 Å². The van der Waals surface area contributed by atoms with Gasteiger partial charge in [-0.1, -0.05) is 248 Å². The Morgan fingerprint density at radius 2 is 0.516 bits per heavy atom. The lowest BCUT2D eigenvalue weighted by atomic mass is 10.1. The molecular weight excluding hydrogens is 1590 g/mol. The fourth-order valence-electron chi connectivity index (χ4n) is 14.0. The summed E-state index contributed by atoms with van der Waals surface area (Å²) < 4.78 is 52.0. The Kier molecular flexibility index (Phi) is 44.1. The van der Waals surface area contributed by atoms with Crippen LogP contribution in [0.15, 0.2) is 203 Å². The van der Waals surface area contributed by atoms with Crippen molar-refractivity contribution in [2.45, 2.75) is 265 Å². The number of ether oxygens (including phenoxy) is 9. The topological polar surface area (TPSA) is 263 Å². The van der Waals surface area contributed by atoms with Crippen molar-refractivity contribution in [1.29, 1.82) is 0 Å². The van der Waals surface area contributed by atoms with E-state index in [2.05, 4.69) is 70.4 Å². The lowest BCUT2D eigenvalue weighted by molar-refractivity contribution is -0.191. The molecule has 0 N–H and O–H groups in total. The summed E-state index contributed by atoms with van der Waals surface area (Å²) in [5.41, 5.74) is 8.07. The van der Waals surface area contributed by atoms with Crippen LogP contribution >= 0.6 is 0 Å². The predicted molar refractivity (Wildman–Crippen MR) is 494 cm³/mol. The van der Waals surface area contributed by atoms with Gasteiger partial charge in [-0.2, -0.15) is 0 Å². The molecule has 0 aliphatic rings. The van der Waals surface area contributed by atoms with Gasteiger partial charge in [-0.25, -0.2) is 44.3 Å². The summed E-state index contributed by atoms with van der Waals surface area (Å²) in [6.45, 7) is 20.1. The van der Waals surface area contributed by atoms with Crippen molar-refractivity contribution in [3.63, 3.8) is 0 Å². The van der Waals surface area contributed by atoms with E-state index in [1.165, 1.54) is 0 Å². The van der Waals surface area contributed by atoms with Crippen LogP contribution in [0.25, 0.3) is 50.1 Å². The number of hydrogen-bond donors (Lipinski definition) is 0. The summed E-state index contributed by atoms with van der Waals surface area (Å²) in [6, 6.07) is 43.5. The summed E-state index contributed by atoms with van der Waals surface area (Å²) in [4.78, 5) is 106. The molecule has 0 bridgehead atoms. The van der Waals surface area contributed by atoms with Gasteiger partial charge >= 0.3 is 35.8 Å². The van der Waals surface area contributed by atoms with E-state index >= 15 is 0 Å². The molecule has 3 aromatic heterocycles. The highest BCUT2D eigenvalue weighted by Crippen LogP contribution is 2.30. The molecule has 0 fully saturated rings. The number of nitrogens with zero attached hydrogens (tertiary/aromatic N) is 6. The van der Waals surface area contributed by atoms with Crippen molar-refractivity contribution in [3.05, 3.63) is 237 Å². The van der Waals surface area contributed by atoms with Crippen LogP contribution in [0.4, 0.5) is 0 Å². The number of carbonyl (C=O) groups is 6. The third kappa shape index (κ3) is 36.7. The zero-order valence-electron chi connectivity index (χ0n) is 74.3. The molecule has 0 aliphatic carbocycles. The van der Waals surface area contributed by atoms with E-state index in [1.807, 2.05) is 110 Å². The summed E-state index contributed by atoms with van der Waals surface area (Å²) in [5, 5.41) is 0. The molecule has 0 aliphatic heterocycles. The van der Waals surface area contributed by atoms with E-state index in [0.29, 0.717) is 90.3 Å². The van der Waals surface area contributed by atoms with Gasteiger partial charge in [0, 0.05) is 92.4 Å². The first-order valence-electron chi connectivity index (χ1n) is 45.8. The number of hydrogen-bond acceptors (Lipinski definition) is 21. The van der Waals surface area contributed by atoms with Crippen LogP contribution in [0, 0.1) is 0 Å². The Morgan fingerprint density at radius 3 is 0.786 bits per heavy atom. The van der Waals surface area contributed by atoms with Gasteiger partial charge in [-0.3, -0.25) is 14.4 Å². The van der Waals surface area contributed by atoms with Crippen LogP contribution in [0.2, 0.25) is 0 Å². The number of esters is 6. The van der Waals surface area contributed by atoms with E-state index in [9.17, 15) is 28.8 Å². The number of unbranched alkanes of at least 4 members (excludes halogenated alkanes) is 24. The maximum atomic E-state index is 13.2. The second kappa shape index (κ2) is 56.8. The molecule has 0 radical (unpaired) electrons. The van der Waals surface area contributed by atoms with Gasteiger partial charge in [-0.05, 0) is 164 Å². The Bertz CT molecular complexity index is 4550. The largest absolute Gasteiger partial charge is 0.494 e. The minimum Gasteiger partial charge on any atom is -0.494 e. The molecule has 0 saturated heterocycles. The van der Waals surface area contributed by atoms with Gasteiger partial charge in [0.2, 0.25) is 0 Å². The highest BCUT2D eigenvalue weighted by Gasteiger charge is 2.22. The number of aromatic nitrogens is 6. The third-order valence-electron chi connectivity index (χ3n) is 21.7. The molecule has 0 atom stereocenters. The van der Waals surface area contributed by atoms with Crippen molar-refractivity contribution in [2.75, 3.05) is 26.4 Å². The lowest BCUT2D eigenvalue weighted by Crippen LogP contribution is -2.26. The highest BCUT2D eigenvalue weighted by molar-refractivity contribution is 6.17. The minimum absolute atomic E-state index is 0.0314. The van der Waals surface area contributed by atoms with Crippen molar-refractivity contribution >= 4 is 52.5 Å². The predicted octanol–water partition coefficient (Wildman–Crippen LogP) is 24.4. The average molecular weight is 1710 g/mol. The summed E-state index contributed by atoms with van der Waals surface area (Å²) in [7, 11) is 0. The average Bonchev–Trinajstić information content (AvgIpc) is 0.846. The van der Waals surface area contributed by atoms with Crippen LogP contribution in [0.3, 0.4) is 0 Å². The summed E-state index contributed by atoms with van der Waals surface area (Å²) in [6.07, 6.45) is 42.1. The molecule has 126 heavy (non-hydrogen) atoms. The maximum absolute atomic E-state index is 13.2. The number of carbonyl (C=O) groups excluding carboxylic acids is 6.